The molecule has 1 aliphatic heterocycles. The Hall–Kier alpha value is -0.470. The van der Waals surface area contributed by atoms with E-state index in [0.29, 0.717) is 18.9 Å². The third kappa shape index (κ3) is 5.03. The number of ether oxygens (including phenoxy) is 1. The summed E-state index contributed by atoms with van der Waals surface area (Å²) in [7, 11) is 1.69. The van der Waals surface area contributed by atoms with Crippen molar-refractivity contribution in [2.75, 3.05) is 20.2 Å². The van der Waals surface area contributed by atoms with Gasteiger partial charge in [0.15, 0.2) is 0 Å². The molecule has 0 saturated carbocycles. The van der Waals surface area contributed by atoms with Crippen LogP contribution in [0.3, 0.4) is 0 Å². The molecule has 0 spiro atoms. The van der Waals surface area contributed by atoms with Gasteiger partial charge >= 0.3 is 6.55 Å². The summed E-state index contributed by atoms with van der Waals surface area (Å²) < 4.78 is 31.8. The van der Waals surface area contributed by atoms with Gasteiger partial charge in [-0.25, -0.2) is 4.98 Å². The average Bonchev–Trinajstić information content (AvgIpc) is 2.87. The topological polar surface area (TPSA) is 56.3 Å². The van der Waals surface area contributed by atoms with E-state index in [1.807, 2.05) is 0 Å². The quantitative estimate of drug-likeness (QED) is 0.886. The molecule has 9 heteroatoms. The first-order valence-electron chi connectivity index (χ1n) is 6.42. The second-order valence-electron chi connectivity index (χ2n) is 4.77. The van der Waals surface area contributed by atoms with Gasteiger partial charge in [0.25, 0.3) is 0 Å². The number of alkyl halides is 2. The van der Waals surface area contributed by atoms with Crippen LogP contribution in [0.15, 0.2) is 12.4 Å². The van der Waals surface area contributed by atoms with E-state index < -0.39 is 6.55 Å². The number of methoxy groups -OCH3 is 1. The molecule has 1 aromatic rings. The fraction of sp³-hybridized carbons (Fsp3) is 0.750. The Bertz CT molecular complexity index is 408. The molecule has 2 unspecified atom stereocenters. The van der Waals surface area contributed by atoms with E-state index in [2.05, 4.69) is 9.88 Å². The zero-order valence-electron chi connectivity index (χ0n) is 11.8. The number of halogens is 4. The average molecular weight is 347 g/mol. The number of aromatic nitrogens is 2. The molecule has 2 rings (SSSR count). The minimum atomic E-state index is -2.55. The largest absolute Gasteiger partial charge is 0.381 e. The maximum Gasteiger partial charge on any atom is 0.319 e. The highest BCUT2D eigenvalue weighted by Crippen LogP contribution is 2.22. The summed E-state index contributed by atoms with van der Waals surface area (Å²) in [6, 6.07) is 0.154. The van der Waals surface area contributed by atoms with E-state index in [-0.39, 0.29) is 37.0 Å². The molecule has 0 radical (unpaired) electrons. The maximum absolute atomic E-state index is 12.8. The van der Waals surface area contributed by atoms with Gasteiger partial charge in [-0.3, -0.25) is 9.47 Å². The van der Waals surface area contributed by atoms with Crippen molar-refractivity contribution >= 4 is 24.8 Å². The van der Waals surface area contributed by atoms with Gasteiger partial charge in [-0.15, -0.1) is 24.8 Å². The highest BCUT2D eigenvalue weighted by atomic mass is 35.5. The molecule has 2 atom stereocenters. The van der Waals surface area contributed by atoms with Gasteiger partial charge in [0.1, 0.15) is 5.82 Å². The summed E-state index contributed by atoms with van der Waals surface area (Å²) in [6.45, 7) is -0.869. The molecule has 0 amide bonds. The van der Waals surface area contributed by atoms with Gasteiger partial charge in [-0.1, -0.05) is 0 Å². The molecule has 0 aliphatic carbocycles. The summed E-state index contributed by atoms with van der Waals surface area (Å²) in [5.41, 5.74) is 5.76. The van der Waals surface area contributed by atoms with Crippen molar-refractivity contribution in [1.29, 1.82) is 0 Å². The van der Waals surface area contributed by atoms with E-state index >= 15 is 0 Å². The number of nitrogens with two attached hydrogens (primary N) is 1. The summed E-state index contributed by atoms with van der Waals surface area (Å²) >= 11 is 0. The summed E-state index contributed by atoms with van der Waals surface area (Å²) in [6.07, 6.45) is 4.64. The van der Waals surface area contributed by atoms with Crippen molar-refractivity contribution in [1.82, 2.24) is 14.5 Å². The van der Waals surface area contributed by atoms with E-state index in [1.54, 1.807) is 7.11 Å². The number of rotatable bonds is 5. The van der Waals surface area contributed by atoms with Crippen LogP contribution in [0, 0.1) is 0 Å². The van der Waals surface area contributed by atoms with Crippen LogP contribution in [0.4, 0.5) is 8.78 Å². The fourth-order valence-electron chi connectivity index (χ4n) is 2.56. The molecular weight excluding hydrogens is 325 g/mol. The molecule has 1 aliphatic rings. The zero-order valence-corrected chi connectivity index (χ0v) is 13.5. The summed E-state index contributed by atoms with van der Waals surface area (Å²) in [4.78, 5) is 6.12. The Labute approximate surface area is 135 Å². The lowest BCUT2D eigenvalue weighted by Crippen LogP contribution is -2.48. The molecule has 1 saturated heterocycles. The molecule has 0 aromatic carbocycles. The van der Waals surface area contributed by atoms with Crippen molar-refractivity contribution in [2.45, 2.75) is 38.1 Å². The monoisotopic (exact) mass is 346 g/mol. The minimum absolute atomic E-state index is 0. The van der Waals surface area contributed by atoms with Crippen LogP contribution in [0.5, 0.6) is 0 Å². The smallest absolute Gasteiger partial charge is 0.319 e. The zero-order chi connectivity index (χ0) is 13.8. The Kier molecular flexibility index (Phi) is 9.31. The molecular formula is C12H22Cl2F2N4O. The Balaban J connectivity index is 0.00000200. The normalized spacial score (nSPS) is 22.7. The van der Waals surface area contributed by atoms with Crippen LogP contribution in [0.2, 0.25) is 0 Å². The van der Waals surface area contributed by atoms with Crippen molar-refractivity contribution in [2.24, 2.45) is 5.73 Å². The van der Waals surface area contributed by atoms with Gasteiger partial charge in [0.05, 0.1) is 12.6 Å². The predicted octanol–water partition coefficient (Wildman–Crippen LogP) is 2.06. The first-order valence-corrected chi connectivity index (χ1v) is 6.42. The Morgan fingerprint density at radius 3 is 2.76 bits per heavy atom. The van der Waals surface area contributed by atoms with Crippen molar-refractivity contribution < 1.29 is 13.5 Å². The lowest BCUT2D eigenvalue weighted by Gasteiger charge is -2.38. The second-order valence-corrected chi connectivity index (χ2v) is 4.77. The SMILES string of the molecule is COC1CCN(Cc2nccn2C(F)F)C(CN)C1.Cl.Cl. The van der Waals surface area contributed by atoms with Crippen LogP contribution in [0.25, 0.3) is 0 Å². The van der Waals surface area contributed by atoms with Gasteiger partial charge in [-0.05, 0) is 12.8 Å². The Morgan fingerprint density at radius 1 is 1.48 bits per heavy atom. The van der Waals surface area contributed by atoms with E-state index in [1.165, 1.54) is 12.4 Å². The highest BCUT2D eigenvalue weighted by molar-refractivity contribution is 5.85. The summed E-state index contributed by atoms with van der Waals surface area (Å²) in [5, 5.41) is 0. The molecule has 21 heavy (non-hydrogen) atoms. The lowest BCUT2D eigenvalue weighted by molar-refractivity contribution is 0.00599. The standard InChI is InChI=1S/C12H20F2N4O.2ClH/c1-19-10-2-4-17(9(6-10)7-15)8-11-16-3-5-18(11)12(13)14;;/h3,5,9-10,12H,2,4,6-8,15H2,1H3;2*1H. The highest BCUT2D eigenvalue weighted by Gasteiger charge is 2.28. The predicted molar refractivity (Wildman–Crippen MR) is 81.3 cm³/mol. The molecule has 0 bridgehead atoms. The molecule has 1 fully saturated rings. The van der Waals surface area contributed by atoms with Crippen LogP contribution < -0.4 is 5.73 Å². The van der Waals surface area contributed by atoms with Gasteiger partial charge in [0.2, 0.25) is 0 Å². The Morgan fingerprint density at radius 2 is 2.19 bits per heavy atom. The lowest BCUT2D eigenvalue weighted by atomic mass is 9.99. The van der Waals surface area contributed by atoms with Gasteiger partial charge < -0.3 is 10.5 Å². The van der Waals surface area contributed by atoms with E-state index in [9.17, 15) is 8.78 Å². The van der Waals surface area contributed by atoms with Gasteiger partial charge in [0, 0.05) is 38.6 Å². The number of likely N-dealkylation sites (tertiary alicyclic amines) is 1. The first-order chi connectivity index (χ1) is 9.15. The third-order valence-electron chi connectivity index (χ3n) is 3.70. The molecule has 5 nitrogen and oxygen atoms in total. The molecule has 124 valence electrons. The number of nitrogens with zero attached hydrogens (tertiary/aromatic N) is 3. The van der Waals surface area contributed by atoms with E-state index in [4.69, 9.17) is 10.5 Å². The number of hydrogen-bond donors (Lipinski definition) is 1. The summed E-state index contributed by atoms with van der Waals surface area (Å²) in [5.74, 6) is 0.379. The van der Waals surface area contributed by atoms with Crippen LogP contribution in [0.1, 0.15) is 25.2 Å². The molecule has 2 heterocycles. The van der Waals surface area contributed by atoms with Crippen molar-refractivity contribution in [3.05, 3.63) is 18.2 Å². The van der Waals surface area contributed by atoms with Crippen LogP contribution in [-0.4, -0.2) is 46.8 Å². The second kappa shape index (κ2) is 9.53. The van der Waals surface area contributed by atoms with Crippen molar-refractivity contribution in [3.63, 3.8) is 0 Å². The maximum atomic E-state index is 12.8. The molecule has 1 aromatic heterocycles. The van der Waals surface area contributed by atoms with Crippen LogP contribution in [-0.2, 0) is 11.3 Å². The van der Waals surface area contributed by atoms with Gasteiger partial charge in [-0.2, -0.15) is 8.78 Å². The number of hydrogen-bond acceptors (Lipinski definition) is 4. The van der Waals surface area contributed by atoms with Crippen molar-refractivity contribution in [3.8, 4) is 0 Å². The fourth-order valence-corrected chi connectivity index (χ4v) is 2.56. The minimum Gasteiger partial charge on any atom is -0.381 e. The number of piperidine rings is 1. The van der Waals surface area contributed by atoms with Crippen LogP contribution >= 0.6 is 24.8 Å². The third-order valence-corrected chi connectivity index (χ3v) is 3.70. The molecule has 2 N–H and O–H groups in total. The number of imidazole rings is 1. The van der Waals surface area contributed by atoms with E-state index in [0.717, 1.165) is 24.0 Å². The first kappa shape index (κ1) is 20.5.